The fourth-order valence-electron chi connectivity index (χ4n) is 2.15. The molecule has 21 heavy (non-hydrogen) atoms. The van der Waals surface area contributed by atoms with Crippen LogP contribution in [0.1, 0.15) is 42.4 Å². The largest absolute Gasteiger partial charge is 0.458 e. The number of carbonyl (C=O) groups excluding carboxylic acids is 1. The number of nitrogens with zero attached hydrogens (tertiary/aromatic N) is 2. The van der Waals surface area contributed by atoms with Gasteiger partial charge in [0.1, 0.15) is 11.8 Å². The lowest BCUT2D eigenvalue weighted by Gasteiger charge is -2.18. The Morgan fingerprint density at radius 2 is 2.05 bits per heavy atom. The number of benzene rings is 1. The van der Waals surface area contributed by atoms with E-state index in [1.807, 2.05) is 37.3 Å². The van der Waals surface area contributed by atoms with Gasteiger partial charge in [-0.2, -0.15) is 0 Å². The highest BCUT2D eigenvalue weighted by Crippen LogP contribution is 2.20. The summed E-state index contributed by atoms with van der Waals surface area (Å²) in [6.45, 7) is 3.76. The number of ether oxygens (including phenoxy) is 1. The number of esters is 1. The number of aliphatic hydroxyl groups excluding tert-OH is 1. The van der Waals surface area contributed by atoms with Crippen molar-refractivity contribution in [3.63, 3.8) is 0 Å². The first-order valence-corrected chi connectivity index (χ1v) is 7.02. The van der Waals surface area contributed by atoms with Crippen LogP contribution in [0.4, 0.5) is 0 Å². The molecule has 0 radical (unpaired) electrons. The van der Waals surface area contributed by atoms with Crippen LogP contribution in [-0.2, 0) is 4.74 Å². The van der Waals surface area contributed by atoms with E-state index in [1.54, 1.807) is 17.8 Å². The third-order valence-corrected chi connectivity index (χ3v) is 3.42. The number of carbonyl (C=O) groups is 1. The number of hydrogen-bond acceptors (Lipinski definition) is 4. The third-order valence-electron chi connectivity index (χ3n) is 3.42. The van der Waals surface area contributed by atoms with E-state index in [4.69, 9.17) is 9.84 Å². The van der Waals surface area contributed by atoms with E-state index in [1.165, 1.54) is 6.20 Å². The minimum atomic E-state index is -0.420. The maximum atomic E-state index is 12.2. The molecule has 1 unspecified atom stereocenters. The van der Waals surface area contributed by atoms with E-state index in [2.05, 4.69) is 4.98 Å². The minimum Gasteiger partial charge on any atom is -0.458 e. The zero-order valence-corrected chi connectivity index (χ0v) is 12.3. The van der Waals surface area contributed by atoms with Crippen LogP contribution in [0.2, 0.25) is 0 Å². The summed E-state index contributed by atoms with van der Waals surface area (Å²) in [5.74, 6) is -0.420. The summed E-state index contributed by atoms with van der Waals surface area (Å²) >= 11 is 0. The van der Waals surface area contributed by atoms with Crippen LogP contribution in [0.5, 0.6) is 0 Å². The van der Waals surface area contributed by atoms with Crippen molar-refractivity contribution in [3.8, 4) is 0 Å². The lowest BCUT2D eigenvalue weighted by atomic mass is 10.1. The number of imidazole rings is 1. The average molecular weight is 288 g/mol. The first-order valence-electron chi connectivity index (χ1n) is 7.02. The van der Waals surface area contributed by atoms with Crippen LogP contribution >= 0.6 is 0 Å². The number of hydrogen-bond donors (Lipinski definition) is 1. The molecule has 1 aromatic carbocycles. The zero-order valence-electron chi connectivity index (χ0n) is 12.3. The van der Waals surface area contributed by atoms with Gasteiger partial charge in [0.2, 0.25) is 0 Å². The highest BCUT2D eigenvalue weighted by atomic mass is 16.5. The molecule has 0 amide bonds. The molecule has 0 aliphatic carbocycles. The Labute approximate surface area is 124 Å². The van der Waals surface area contributed by atoms with Crippen molar-refractivity contribution in [2.45, 2.75) is 32.4 Å². The fraction of sp³-hybridized carbons (Fsp3) is 0.375. The van der Waals surface area contributed by atoms with E-state index in [0.29, 0.717) is 12.1 Å². The van der Waals surface area contributed by atoms with Gasteiger partial charge in [-0.05, 0) is 19.4 Å². The van der Waals surface area contributed by atoms with Gasteiger partial charge in [0, 0.05) is 13.0 Å². The summed E-state index contributed by atoms with van der Waals surface area (Å²) in [5.41, 5.74) is 1.50. The monoisotopic (exact) mass is 288 g/mol. The van der Waals surface area contributed by atoms with E-state index >= 15 is 0 Å². The predicted molar refractivity (Wildman–Crippen MR) is 79.1 cm³/mol. The SMILES string of the molecule is CC(CCO)OC(=O)c1cncn1[C@H](C)c1ccccc1. The third kappa shape index (κ3) is 3.70. The molecule has 0 bridgehead atoms. The van der Waals surface area contributed by atoms with Gasteiger partial charge in [-0.1, -0.05) is 30.3 Å². The van der Waals surface area contributed by atoms with Gasteiger partial charge in [0.15, 0.2) is 0 Å². The molecule has 2 rings (SSSR count). The van der Waals surface area contributed by atoms with Gasteiger partial charge in [0.25, 0.3) is 0 Å². The molecule has 5 heteroatoms. The maximum absolute atomic E-state index is 12.2. The minimum absolute atomic E-state index is 0.00583. The second-order valence-corrected chi connectivity index (χ2v) is 5.00. The molecule has 5 nitrogen and oxygen atoms in total. The fourth-order valence-corrected chi connectivity index (χ4v) is 2.15. The lowest BCUT2D eigenvalue weighted by molar-refractivity contribution is 0.0276. The van der Waals surface area contributed by atoms with Crippen molar-refractivity contribution in [2.24, 2.45) is 0 Å². The molecule has 0 saturated carbocycles. The highest BCUT2D eigenvalue weighted by molar-refractivity contribution is 5.87. The topological polar surface area (TPSA) is 64.3 Å². The van der Waals surface area contributed by atoms with Crippen LogP contribution < -0.4 is 0 Å². The van der Waals surface area contributed by atoms with Crippen molar-refractivity contribution in [1.82, 2.24) is 9.55 Å². The number of rotatable bonds is 6. The van der Waals surface area contributed by atoms with Crippen LogP contribution in [0, 0.1) is 0 Å². The standard InChI is InChI=1S/C16H20N2O3/c1-12(8-9-19)21-16(20)15-10-17-11-18(15)13(2)14-6-4-3-5-7-14/h3-7,10-13,19H,8-9H2,1-2H3/t12?,13-/m1/s1. The van der Waals surface area contributed by atoms with Crippen LogP contribution in [-0.4, -0.2) is 33.3 Å². The van der Waals surface area contributed by atoms with E-state index in [9.17, 15) is 4.79 Å². The number of aliphatic hydroxyl groups is 1. The summed E-state index contributed by atoms with van der Waals surface area (Å²) in [6, 6.07) is 9.89. The van der Waals surface area contributed by atoms with Gasteiger partial charge < -0.3 is 14.4 Å². The van der Waals surface area contributed by atoms with Crippen LogP contribution in [0.15, 0.2) is 42.9 Å². The molecular weight excluding hydrogens is 268 g/mol. The molecule has 2 atom stereocenters. The molecule has 0 saturated heterocycles. The summed E-state index contributed by atoms with van der Waals surface area (Å²) in [6.07, 6.45) is 3.24. The normalized spacial score (nSPS) is 13.7. The molecule has 2 aromatic rings. The smallest absolute Gasteiger partial charge is 0.356 e. The molecular formula is C16H20N2O3. The Kier molecular flexibility index (Phi) is 5.11. The Balaban J connectivity index is 2.17. The summed E-state index contributed by atoms with van der Waals surface area (Å²) in [7, 11) is 0. The Morgan fingerprint density at radius 3 is 2.71 bits per heavy atom. The van der Waals surface area contributed by atoms with Crippen molar-refractivity contribution >= 4 is 5.97 Å². The van der Waals surface area contributed by atoms with Gasteiger partial charge in [-0.15, -0.1) is 0 Å². The van der Waals surface area contributed by atoms with Gasteiger partial charge in [0.05, 0.1) is 18.6 Å². The average Bonchev–Trinajstić information content (AvgIpc) is 2.97. The molecule has 0 fully saturated rings. The molecule has 1 heterocycles. The summed E-state index contributed by atoms with van der Waals surface area (Å²) < 4.78 is 7.10. The van der Waals surface area contributed by atoms with Crippen molar-refractivity contribution < 1.29 is 14.6 Å². The molecule has 112 valence electrons. The Hall–Kier alpha value is -2.14. The van der Waals surface area contributed by atoms with Gasteiger partial charge in [-0.25, -0.2) is 9.78 Å². The van der Waals surface area contributed by atoms with Crippen LogP contribution in [0.25, 0.3) is 0 Å². The van der Waals surface area contributed by atoms with Crippen molar-refractivity contribution in [3.05, 3.63) is 54.1 Å². The second-order valence-electron chi connectivity index (χ2n) is 5.00. The Morgan fingerprint density at radius 1 is 1.33 bits per heavy atom. The number of aromatic nitrogens is 2. The maximum Gasteiger partial charge on any atom is 0.356 e. The first-order chi connectivity index (χ1) is 10.1. The molecule has 0 aliphatic heterocycles. The van der Waals surface area contributed by atoms with E-state index in [0.717, 1.165) is 5.56 Å². The molecule has 1 N–H and O–H groups in total. The Bertz CT molecular complexity index is 580. The summed E-state index contributed by atoms with van der Waals surface area (Å²) in [4.78, 5) is 16.2. The van der Waals surface area contributed by atoms with Crippen molar-refractivity contribution in [1.29, 1.82) is 0 Å². The second kappa shape index (κ2) is 7.04. The molecule has 0 aliphatic rings. The van der Waals surface area contributed by atoms with Crippen molar-refractivity contribution in [2.75, 3.05) is 6.61 Å². The lowest BCUT2D eigenvalue weighted by Crippen LogP contribution is -2.20. The van der Waals surface area contributed by atoms with Gasteiger partial charge in [-0.3, -0.25) is 0 Å². The molecule has 0 spiro atoms. The highest BCUT2D eigenvalue weighted by Gasteiger charge is 2.19. The first kappa shape index (κ1) is 15.3. The van der Waals surface area contributed by atoms with E-state index in [-0.39, 0.29) is 18.8 Å². The zero-order chi connectivity index (χ0) is 15.2. The summed E-state index contributed by atoms with van der Waals surface area (Å²) in [5, 5.41) is 8.86. The predicted octanol–water partition coefficient (Wildman–Crippen LogP) is 2.42. The quantitative estimate of drug-likeness (QED) is 0.829. The molecule has 1 aromatic heterocycles. The van der Waals surface area contributed by atoms with E-state index < -0.39 is 5.97 Å². The van der Waals surface area contributed by atoms with Gasteiger partial charge >= 0.3 is 5.97 Å². The van der Waals surface area contributed by atoms with Crippen LogP contribution in [0.3, 0.4) is 0 Å².